The van der Waals surface area contributed by atoms with E-state index in [-0.39, 0.29) is 17.2 Å². The van der Waals surface area contributed by atoms with Crippen LogP contribution in [0.2, 0.25) is 0 Å². The molecule has 0 bridgehead atoms. The van der Waals surface area contributed by atoms with Crippen LogP contribution in [0.3, 0.4) is 0 Å². The van der Waals surface area contributed by atoms with Gasteiger partial charge in [0.15, 0.2) is 0 Å². The van der Waals surface area contributed by atoms with Gasteiger partial charge in [0.25, 0.3) is 5.91 Å². The second-order valence-electron chi connectivity index (χ2n) is 8.53. The van der Waals surface area contributed by atoms with E-state index in [1.54, 1.807) is 11.0 Å². The van der Waals surface area contributed by atoms with Gasteiger partial charge in [-0.05, 0) is 53.3 Å². The van der Waals surface area contributed by atoms with E-state index < -0.39 is 0 Å². The molecule has 35 heavy (non-hydrogen) atoms. The van der Waals surface area contributed by atoms with Crippen molar-refractivity contribution in [2.24, 2.45) is 5.84 Å². The average Bonchev–Trinajstić information content (AvgIpc) is 3.30. The summed E-state index contributed by atoms with van der Waals surface area (Å²) in [6.07, 6.45) is 1.71. The van der Waals surface area contributed by atoms with Crippen molar-refractivity contribution >= 4 is 17.2 Å². The first-order chi connectivity index (χ1) is 17.0. The first kappa shape index (κ1) is 23.9. The van der Waals surface area contributed by atoms with Crippen LogP contribution in [0.25, 0.3) is 5.57 Å². The number of hydrogen-bond acceptors (Lipinski definition) is 6. The summed E-state index contributed by atoms with van der Waals surface area (Å²) >= 11 is 0. The summed E-state index contributed by atoms with van der Waals surface area (Å²) in [5.41, 5.74) is 7.90. The highest BCUT2D eigenvalue weighted by molar-refractivity contribution is 5.99. The zero-order valence-corrected chi connectivity index (χ0v) is 19.5. The van der Waals surface area contributed by atoms with E-state index in [2.05, 4.69) is 18.1 Å². The van der Waals surface area contributed by atoms with Crippen molar-refractivity contribution in [3.63, 3.8) is 0 Å². The van der Waals surface area contributed by atoms with Crippen LogP contribution < -0.4 is 16.0 Å². The van der Waals surface area contributed by atoms with Gasteiger partial charge >= 0.3 is 0 Å². The van der Waals surface area contributed by atoms with Crippen LogP contribution in [-0.4, -0.2) is 22.5 Å². The van der Waals surface area contributed by atoms with Crippen molar-refractivity contribution in [2.75, 3.05) is 12.0 Å². The fraction of sp³-hybridized carbons (Fsp3) is 0.214. The number of unbranched alkanes of at least 4 members (excludes halogenated alkanes) is 1. The van der Waals surface area contributed by atoms with E-state index in [0.29, 0.717) is 50.2 Å². The zero-order chi connectivity index (χ0) is 24.8. The lowest BCUT2D eigenvalue weighted by Crippen LogP contribution is -2.25. The number of hydrogen-bond donors (Lipinski definition) is 3. The summed E-state index contributed by atoms with van der Waals surface area (Å²) in [5, 5.41) is 19.3. The number of carbonyl (C=O) groups is 1. The number of nitrogens with zero attached hydrogens (tertiary/aromatic N) is 2. The number of amides is 1. The van der Waals surface area contributed by atoms with Gasteiger partial charge in [0.1, 0.15) is 11.5 Å². The Morgan fingerprint density at radius 2 is 1.89 bits per heavy atom. The van der Waals surface area contributed by atoms with E-state index >= 15 is 0 Å². The van der Waals surface area contributed by atoms with Crippen LogP contribution in [0.4, 0.5) is 5.69 Å². The number of fused-ring (bicyclic) bond motifs is 1. The molecule has 4 N–H and O–H groups in total. The molecule has 1 aliphatic heterocycles. The van der Waals surface area contributed by atoms with Crippen LogP contribution in [0.1, 0.15) is 45.5 Å². The molecule has 3 aromatic rings. The summed E-state index contributed by atoms with van der Waals surface area (Å²) in [7, 11) is 0. The Morgan fingerprint density at radius 1 is 1.11 bits per heavy atom. The van der Waals surface area contributed by atoms with Gasteiger partial charge in [-0.3, -0.25) is 10.6 Å². The summed E-state index contributed by atoms with van der Waals surface area (Å²) in [6.45, 7) is 5.53. The molecular weight excluding hydrogens is 440 g/mol. The molecule has 0 saturated heterocycles. The highest BCUT2D eigenvalue weighted by Crippen LogP contribution is 2.34. The molecular formula is C28H28N4O3. The van der Waals surface area contributed by atoms with Gasteiger partial charge in [-0.15, -0.1) is 0 Å². The number of phenolic OH excluding ortho intramolecular Hbond substituents is 1. The van der Waals surface area contributed by atoms with Crippen LogP contribution in [0, 0.1) is 11.3 Å². The van der Waals surface area contributed by atoms with Crippen molar-refractivity contribution in [1.29, 1.82) is 5.26 Å². The second kappa shape index (κ2) is 10.8. The molecule has 0 atom stereocenters. The molecule has 1 heterocycles. The summed E-state index contributed by atoms with van der Waals surface area (Å²) < 4.78 is 5.73. The predicted octanol–water partition coefficient (Wildman–Crippen LogP) is 4.77. The maximum atomic E-state index is 13.4. The summed E-state index contributed by atoms with van der Waals surface area (Å²) in [6, 6.07) is 20.9. The number of benzene rings is 3. The number of ether oxygens (including phenoxy) is 1. The normalized spacial score (nSPS) is 12.1. The van der Waals surface area contributed by atoms with Gasteiger partial charge in [0, 0.05) is 31.1 Å². The van der Waals surface area contributed by atoms with Crippen molar-refractivity contribution in [3.05, 3.63) is 95.1 Å². The van der Waals surface area contributed by atoms with Gasteiger partial charge < -0.3 is 20.2 Å². The molecule has 3 aromatic carbocycles. The highest BCUT2D eigenvalue weighted by atomic mass is 16.5. The van der Waals surface area contributed by atoms with Crippen molar-refractivity contribution < 1.29 is 14.6 Å². The molecule has 1 aliphatic rings. The van der Waals surface area contributed by atoms with Gasteiger partial charge in [-0.25, -0.2) is 0 Å². The summed E-state index contributed by atoms with van der Waals surface area (Å²) in [4.78, 5) is 15.1. The minimum Gasteiger partial charge on any atom is -0.507 e. The Morgan fingerprint density at radius 3 is 2.63 bits per heavy atom. The van der Waals surface area contributed by atoms with E-state index in [0.717, 1.165) is 28.0 Å². The van der Waals surface area contributed by atoms with Crippen LogP contribution in [-0.2, 0) is 19.5 Å². The lowest BCUT2D eigenvalue weighted by atomic mass is 9.95. The highest BCUT2D eigenvalue weighted by Gasteiger charge is 2.27. The van der Waals surface area contributed by atoms with Crippen molar-refractivity contribution in [3.8, 4) is 17.6 Å². The van der Waals surface area contributed by atoms with E-state index in [4.69, 9.17) is 15.8 Å². The predicted molar refractivity (Wildman–Crippen MR) is 135 cm³/mol. The lowest BCUT2D eigenvalue weighted by Gasteiger charge is -2.19. The molecule has 0 aromatic heterocycles. The second-order valence-corrected chi connectivity index (χ2v) is 8.53. The number of anilines is 1. The number of nitriles is 1. The maximum Gasteiger partial charge on any atom is 0.258 e. The Bertz CT molecular complexity index is 1280. The molecule has 0 fully saturated rings. The molecule has 1 amide bonds. The van der Waals surface area contributed by atoms with E-state index in [1.165, 1.54) is 6.07 Å². The number of carbonyl (C=O) groups excluding carboxylic acids is 1. The van der Waals surface area contributed by atoms with Gasteiger partial charge in [0.2, 0.25) is 0 Å². The Balaban J connectivity index is 1.52. The maximum absolute atomic E-state index is 13.4. The number of nitrogens with one attached hydrogen (secondary N) is 1. The third-order valence-corrected chi connectivity index (χ3v) is 6.05. The molecule has 0 spiro atoms. The number of rotatable bonds is 9. The number of hydrazine groups is 1. The summed E-state index contributed by atoms with van der Waals surface area (Å²) in [5.74, 6) is 6.00. The van der Waals surface area contributed by atoms with Crippen LogP contribution in [0.15, 0.2) is 67.2 Å². The molecule has 7 heteroatoms. The minimum absolute atomic E-state index is 0.142. The minimum atomic E-state index is -0.271. The van der Waals surface area contributed by atoms with Gasteiger partial charge in [-0.1, -0.05) is 43.0 Å². The first-order valence-corrected chi connectivity index (χ1v) is 11.5. The van der Waals surface area contributed by atoms with E-state index in [9.17, 15) is 9.90 Å². The quantitative estimate of drug-likeness (QED) is 0.237. The molecule has 178 valence electrons. The number of aromatic hydroxyl groups is 1. The smallest absolute Gasteiger partial charge is 0.258 e. The number of phenols is 1. The third-order valence-electron chi connectivity index (χ3n) is 6.05. The SMILES string of the molecule is C=C(Cc1ccccc1)c1cc(C(=O)N2Cc3ccc(OCCCC#N)cc3C2)c(O)cc1NN. The molecule has 0 unspecified atom stereocenters. The molecule has 0 radical (unpaired) electrons. The third kappa shape index (κ3) is 5.45. The molecule has 7 nitrogen and oxygen atoms in total. The van der Waals surface area contributed by atoms with E-state index in [1.807, 2.05) is 48.5 Å². The Labute approximate surface area is 205 Å². The number of nitrogens with two attached hydrogens (primary N) is 1. The number of allylic oxidation sites excluding steroid dienone is 1. The fourth-order valence-electron chi connectivity index (χ4n) is 4.22. The monoisotopic (exact) mass is 468 g/mol. The first-order valence-electron chi connectivity index (χ1n) is 11.5. The fourth-order valence-corrected chi connectivity index (χ4v) is 4.22. The molecule has 4 rings (SSSR count). The van der Waals surface area contributed by atoms with Crippen LogP contribution in [0.5, 0.6) is 11.5 Å². The van der Waals surface area contributed by atoms with Gasteiger partial charge in [0.05, 0.1) is 23.9 Å². The van der Waals surface area contributed by atoms with Crippen molar-refractivity contribution in [2.45, 2.75) is 32.4 Å². The van der Waals surface area contributed by atoms with Gasteiger partial charge in [-0.2, -0.15) is 5.26 Å². The van der Waals surface area contributed by atoms with Crippen molar-refractivity contribution in [1.82, 2.24) is 4.90 Å². The Hall–Kier alpha value is -4.28. The molecule has 0 aliphatic carbocycles. The van der Waals surface area contributed by atoms with Crippen LogP contribution >= 0.6 is 0 Å². The lowest BCUT2D eigenvalue weighted by molar-refractivity contribution is 0.0748. The number of nitrogen functional groups attached to an aromatic ring is 1. The standard InChI is InChI=1S/C28H28N4O3/c1-19(13-20-7-3-2-4-8-20)24-15-25(27(33)16-26(24)31-30)28(34)32-17-21-9-10-23(14-22(21)18-32)35-12-6-5-11-29/h2-4,7-10,14-16,31,33H,1,5-6,12-13,17-18,30H2. The topological polar surface area (TPSA) is 112 Å². The Kier molecular flexibility index (Phi) is 7.34. The largest absolute Gasteiger partial charge is 0.507 e. The zero-order valence-electron chi connectivity index (χ0n) is 19.5. The average molecular weight is 469 g/mol. The molecule has 0 saturated carbocycles.